The van der Waals surface area contributed by atoms with Crippen LogP contribution in [0.15, 0.2) is 48.5 Å². The molecule has 3 rings (SSSR count). The van der Waals surface area contributed by atoms with E-state index in [2.05, 4.69) is 5.32 Å². The third kappa shape index (κ3) is 3.59. The first kappa shape index (κ1) is 16.3. The Hall–Kier alpha value is -2.04. The Morgan fingerprint density at radius 2 is 1.86 bits per heavy atom. The van der Waals surface area contributed by atoms with E-state index in [-0.39, 0.29) is 31.0 Å². The monoisotopic (exact) mass is 319 g/mol. The molecule has 1 heterocycles. The fourth-order valence-electron chi connectivity index (χ4n) is 2.26. The van der Waals surface area contributed by atoms with Gasteiger partial charge in [-0.1, -0.05) is 30.3 Å². The topological polar surface area (TPSA) is 47.6 Å². The molecule has 0 aromatic heterocycles. The zero-order valence-corrected chi connectivity index (χ0v) is 13.1. The predicted octanol–water partition coefficient (Wildman–Crippen LogP) is 3.20. The molecule has 0 radical (unpaired) electrons. The summed E-state index contributed by atoms with van der Waals surface area (Å²) in [6.07, 6.45) is 0. The van der Waals surface area contributed by atoms with Gasteiger partial charge in [-0.2, -0.15) is 0 Å². The number of rotatable bonds is 5. The second-order valence-electron chi connectivity index (χ2n) is 5.02. The summed E-state index contributed by atoms with van der Waals surface area (Å²) in [4.78, 5) is 12.4. The van der Waals surface area contributed by atoms with E-state index in [9.17, 15) is 4.79 Å². The van der Waals surface area contributed by atoms with Crippen molar-refractivity contribution in [3.8, 4) is 11.5 Å². The molecule has 0 saturated heterocycles. The fourth-order valence-corrected chi connectivity index (χ4v) is 2.26. The molecule has 0 aliphatic carbocycles. The normalized spacial score (nSPS) is 13.3. The Balaban J connectivity index is 0.00000176. The number of carbonyl (C=O) groups excluding carboxylic acids is 1. The van der Waals surface area contributed by atoms with Gasteiger partial charge >= 0.3 is 0 Å². The van der Waals surface area contributed by atoms with Gasteiger partial charge in [0.05, 0.1) is 6.04 Å². The molecule has 1 atom stereocenters. The summed E-state index contributed by atoms with van der Waals surface area (Å²) in [5.41, 5.74) is 1.79. The van der Waals surface area contributed by atoms with Gasteiger partial charge in [0.25, 0.3) is 0 Å². The molecule has 1 aliphatic rings. The van der Waals surface area contributed by atoms with E-state index >= 15 is 0 Å². The molecule has 0 amide bonds. The molecule has 2 aromatic rings. The van der Waals surface area contributed by atoms with E-state index in [1.165, 1.54) is 0 Å². The molecule has 0 fully saturated rings. The summed E-state index contributed by atoms with van der Waals surface area (Å²) >= 11 is 0. The Bertz CT molecular complexity index is 646. The van der Waals surface area contributed by atoms with Crippen molar-refractivity contribution in [2.45, 2.75) is 19.5 Å². The SMILES string of the molecule is CC(NCc1ccccc1)C(=O)c1ccc2c(c1)OCO2.Cl. The van der Waals surface area contributed by atoms with Crippen molar-refractivity contribution in [2.24, 2.45) is 0 Å². The second-order valence-corrected chi connectivity index (χ2v) is 5.02. The van der Waals surface area contributed by atoms with Crippen molar-refractivity contribution >= 4 is 18.2 Å². The highest BCUT2D eigenvalue weighted by molar-refractivity contribution is 6.00. The van der Waals surface area contributed by atoms with Crippen LogP contribution in [0, 0.1) is 0 Å². The molecule has 116 valence electrons. The molecule has 1 unspecified atom stereocenters. The highest BCUT2D eigenvalue weighted by atomic mass is 35.5. The largest absolute Gasteiger partial charge is 0.454 e. The predicted molar refractivity (Wildman–Crippen MR) is 86.9 cm³/mol. The second kappa shape index (κ2) is 7.29. The lowest BCUT2D eigenvalue weighted by Crippen LogP contribution is -2.33. The van der Waals surface area contributed by atoms with Crippen molar-refractivity contribution in [3.63, 3.8) is 0 Å². The van der Waals surface area contributed by atoms with Crippen LogP contribution in [0.2, 0.25) is 0 Å². The average Bonchev–Trinajstić information content (AvgIpc) is 3.00. The minimum atomic E-state index is -0.259. The third-order valence-corrected chi connectivity index (χ3v) is 3.51. The summed E-state index contributed by atoms with van der Waals surface area (Å²) in [6.45, 7) is 2.75. The number of hydrogen-bond donors (Lipinski definition) is 1. The van der Waals surface area contributed by atoms with Crippen molar-refractivity contribution in [1.82, 2.24) is 5.32 Å². The van der Waals surface area contributed by atoms with Gasteiger partial charge < -0.3 is 14.8 Å². The number of benzene rings is 2. The van der Waals surface area contributed by atoms with Crippen LogP contribution >= 0.6 is 12.4 Å². The maximum atomic E-state index is 12.4. The Morgan fingerprint density at radius 3 is 2.64 bits per heavy atom. The summed E-state index contributed by atoms with van der Waals surface area (Å²) in [5, 5.41) is 3.24. The maximum absolute atomic E-state index is 12.4. The van der Waals surface area contributed by atoms with Crippen molar-refractivity contribution < 1.29 is 14.3 Å². The standard InChI is InChI=1S/C17H17NO3.ClH/c1-12(18-10-13-5-3-2-4-6-13)17(19)14-7-8-15-16(9-14)21-11-20-15;/h2-9,12,18H,10-11H2,1H3;1H. The van der Waals surface area contributed by atoms with Gasteiger partial charge in [0, 0.05) is 12.1 Å². The van der Waals surface area contributed by atoms with Gasteiger partial charge in [0.2, 0.25) is 6.79 Å². The average molecular weight is 320 g/mol. The Kier molecular flexibility index (Phi) is 5.41. The number of Topliss-reactive ketones (excluding diaryl/α,β-unsaturated/α-hetero) is 1. The lowest BCUT2D eigenvalue weighted by molar-refractivity contribution is 0.0950. The van der Waals surface area contributed by atoms with Crippen LogP contribution in [0.4, 0.5) is 0 Å². The first-order valence-corrected chi connectivity index (χ1v) is 6.95. The zero-order chi connectivity index (χ0) is 14.7. The molecule has 0 bridgehead atoms. The molecular formula is C17H18ClNO3. The quantitative estimate of drug-likeness (QED) is 0.860. The van der Waals surface area contributed by atoms with E-state index in [0.717, 1.165) is 5.56 Å². The summed E-state index contributed by atoms with van der Waals surface area (Å²) in [6, 6.07) is 15.1. The molecule has 2 aromatic carbocycles. The van der Waals surface area contributed by atoms with E-state index in [0.29, 0.717) is 23.6 Å². The van der Waals surface area contributed by atoms with E-state index in [1.807, 2.05) is 37.3 Å². The van der Waals surface area contributed by atoms with E-state index in [1.54, 1.807) is 18.2 Å². The minimum absolute atomic E-state index is 0. The van der Waals surface area contributed by atoms with Crippen LogP contribution in [0.1, 0.15) is 22.8 Å². The highest BCUT2D eigenvalue weighted by Gasteiger charge is 2.19. The van der Waals surface area contributed by atoms with E-state index < -0.39 is 0 Å². The third-order valence-electron chi connectivity index (χ3n) is 3.51. The number of halogens is 1. The number of nitrogens with one attached hydrogen (secondary N) is 1. The Labute approximate surface area is 135 Å². The number of fused-ring (bicyclic) bond motifs is 1. The van der Waals surface area contributed by atoms with Gasteiger partial charge in [-0.25, -0.2) is 0 Å². The van der Waals surface area contributed by atoms with Crippen molar-refractivity contribution in [1.29, 1.82) is 0 Å². The van der Waals surface area contributed by atoms with Crippen LogP contribution < -0.4 is 14.8 Å². The maximum Gasteiger partial charge on any atom is 0.231 e. The number of ketones is 1. The van der Waals surface area contributed by atoms with Gasteiger partial charge in [-0.3, -0.25) is 4.79 Å². The van der Waals surface area contributed by atoms with Crippen molar-refractivity contribution in [3.05, 3.63) is 59.7 Å². The molecule has 22 heavy (non-hydrogen) atoms. The van der Waals surface area contributed by atoms with Crippen LogP contribution in [0.25, 0.3) is 0 Å². The van der Waals surface area contributed by atoms with Crippen LogP contribution in [-0.4, -0.2) is 18.6 Å². The highest BCUT2D eigenvalue weighted by Crippen LogP contribution is 2.32. The molecular weight excluding hydrogens is 302 g/mol. The van der Waals surface area contributed by atoms with Gasteiger partial charge in [-0.05, 0) is 30.7 Å². The number of carbonyl (C=O) groups is 1. The zero-order valence-electron chi connectivity index (χ0n) is 12.2. The smallest absolute Gasteiger partial charge is 0.231 e. The van der Waals surface area contributed by atoms with Crippen LogP contribution in [-0.2, 0) is 6.54 Å². The fraction of sp³-hybridized carbons (Fsp3) is 0.235. The van der Waals surface area contributed by atoms with E-state index in [4.69, 9.17) is 9.47 Å². The molecule has 0 spiro atoms. The first-order chi connectivity index (χ1) is 10.2. The Morgan fingerprint density at radius 1 is 1.14 bits per heavy atom. The van der Waals surface area contributed by atoms with Crippen LogP contribution in [0.3, 0.4) is 0 Å². The molecule has 0 saturated carbocycles. The van der Waals surface area contributed by atoms with Crippen molar-refractivity contribution in [2.75, 3.05) is 6.79 Å². The first-order valence-electron chi connectivity index (χ1n) is 6.95. The number of ether oxygens (including phenoxy) is 2. The molecule has 4 nitrogen and oxygen atoms in total. The molecule has 1 aliphatic heterocycles. The minimum Gasteiger partial charge on any atom is -0.454 e. The van der Waals surface area contributed by atoms with Gasteiger partial charge in [0.1, 0.15) is 0 Å². The lowest BCUT2D eigenvalue weighted by atomic mass is 10.0. The van der Waals surface area contributed by atoms with Gasteiger partial charge in [-0.15, -0.1) is 12.4 Å². The van der Waals surface area contributed by atoms with Crippen LogP contribution in [0.5, 0.6) is 11.5 Å². The molecule has 1 N–H and O–H groups in total. The summed E-state index contributed by atoms with van der Waals surface area (Å²) < 4.78 is 10.6. The summed E-state index contributed by atoms with van der Waals surface area (Å²) in [5.74, 6) is 1.37. The molecule has 5 heteroatoms. The lowest BCUT2D eigenvalue weighted by Gasteiger charge is -2.13. The number of hydrogen-bond acceptors (Lipinski definition) is 4. The van der Waals surface area contributed by atoms with Gasteiger partial charge in [0.15, 0.2) is 17.3 Å². The summed E-state index contributed by atoms with van der Waals surface area (Å²) in [7, 11) is 0.